The third-order valence-electron chi connectivity index (χ3n) is 4.12. The Morgan fingerprint density at radius 3 is 2.63 bits per heavy atom. The molecule has 1 aliphatic rings. The Balaban J connectivity index is 1.70. The molecule has 0 saturated carbocycles. The number of hydrogen-bond acceptors (Lipinski definition) is 5. The van der Waals surface area contributed by atoms with Crippen LogP contribution in [0.3, 0.4) is 0 Å². The number of aromatic nitrogens is 1. The molecule has 0 saturated heterocycles. The van der Waals surface area contributed by atoms with Gasteiger partial charge in [-0.2, -0.15) is 0 Å². The van der Waals surface area contributed by atoms with Crippen LogP contribution in [0.5, 0.6) is 0 Å². The lowest BCUT2D eigenvalue weighted by atomic mass is 10.1. The Bertz CT molecular complexity index is 865. The summed E-state index contributed by atoms with van der Waals surface area (Å²) in [7, 11) is 0. The Hall–Kier alpha value is -3.06. The van der Waals surface area contributed by atoms with Gasteiger partial charge in [0.1, 0.15) is 5.82 Å². The van der Waals surface area contributed by atoms with Crippen LogP contribution in [-0.2, 0) is 4.74 Å². The van der Waals surface area contributed by atoms with E-state index >= 15 is 0 Å². The van der Waals surface area contributed by atoms with E-state index in [4.69, 9.17) is 4.74 Å². The molecule has 1 N–H and O–H groups in total. The smallest absolute Gasteiger partial charge is 0.261 e. The zero-order valence-corrected chi connectivity index (χ0v) is 15.3. The Morgan fingerprint density at radius 2 is 1.93 bits per heavy atom. The van der Waals surface area contributed by atoms with Gasteiger partial charge in [0.05, 0.1) is 17.2 Å². The number of carbonyl (C=O) groups excluding carboxylic acids is 3. The van der Waals surface area contributed by atoms with Crippen LogP contribution in [0.15, 0.2) is 42.6 Å². The molecule has 2 aromatic rings. The molecule has 0 atom stereocenters. The highest BCUT2D eigenvalue weighted by molar-refractivity contribution is 6.22. The van der Waals surface area contributed by atoms with E-state index in [0.717, 1.165) is 0 Å². The van der Waals surface area contributed by atoms with E-state index in [1.165, 1.54) is 23.1 Å². The predicted octanol–water partition coefficient (Wildman–Crippen LogP) is 2.75. The van der Waals surface area contributed by atoms with Gasteiger partial charge in [0, 0.05) is 24.9 Å². The fourth-order valence-electron chi connectivity index (χ4n) is 2.80. The number of fused-ring (bicyclic) bond motifs is 1. The highest BCUT2D eigenvalue weighted by atomic mass is 16.5. The summed E-state index contributed by atoms with van der Waals surface area (Å²) in [4.78, 5) is 42.7. The summed E-state index contributed by atoms with van der Waals surface area (Å²) < 4.78 is 5.45. The van der Waals surface area contributed by atoms with E-state index in [1.807, 2.05) is 13.8 Å². The van der Waals surface area contributed by atoms with Crippen molar-refractivity contribution in [1.82, 2.24) is 9.88 Å². The number of hydrogen-bond donors (Lipinski definition) is 1. The van der Waals surface area contributed by atoms with Crippen molar-refractivity contribution in [2.45, 2.75) is 26.4 Å². The van der Waals surface area contributed by atoms with Crippen LogP contribution in [-0.4, -0.2) is 46.9 Å². The molecule has 7 nitrogen and oxygen atoms in total. The molecule has 140 valence electrons. The first-order chi connectivity index (χ1) is 13.0. The number of rotatable bonds is 7. The van der Waals surface area contributed by atoms with Gasteiger partial charge < -0.3 is 10.1 Å². The molecule has 3 rings (SSSR count). The summed E-state index contributed by atoms with van der Waals surface area (Å²) in [6.07, 6.45) is 2.24. The number of ether oxygens (including phenoxy) is 1. The minimum absolute atomic E-state index is 0.104. The van der Waals surface area contributed by atoms with Gasteiger partial charge in [-0.05, 0) is 50.6 Å². The van der Waals surface area contributed by atoms with Crippen molar-refractivity contribution in [3.05, 3.63) is 59.3 Å². The van der Waals surface area contributed by atoms with Gasteiger partial charge in [-0.25, -0.2) is 4.98 Å². The molecule has 0 radical (unpaired) electrons. The van der Waals surface area contributed by atoms with Crippen LogP contribution >= 0.6 is 0 Å². The summed E-state index contributed by atoms with van der Waals surface area (Å²) in [5, 5.41) is 2.66. The van der Waals surface area contributed by atoms with Gasteiger partial charge in [-0.3, -0.25) is 19.3 Å². The molecule has 1 aromatic carbocycles. The predicted molar refractivity (Wildman–Crippen MR) is 99.7 cm³/mol. The normalized spacial score (nSPS) is 13.2. The number of nitrogens with one attached hydrogen (secondary N) is 1. The minimum atomic E-state index is -0.388. The molecule has 1 aliphatic heterocycles. The number of carbonyl (C=O) groups is 3. The average molecular weight is 367 g/mol. The topological polar surface area (TPSA) is 88.6 Å². The summed E-state index contributed by atoms with van der Waals surface area (Å²) in [5.41, 5.74) is 0.864. The van der Waals surface area contributed by atoms with E-state index in [0.29, 0.717) is 30.0 Å². The van der Waals surface area contributed by atoms with Gasteiger partial charge in [-0.15, -0.1) is 0 Å². The molecule has 0 aliphatic carbocycles. The number of anilines is 1. The van der Waals surface area contributed by atoms with E-state index < -0.39 is 0 Å². The zero-order valence-electron chi connectivity index (χ0n) is 15.3. The molecular formula is C20H21N3O4. The molecule has 0 bridgehead atoms. The highest BCUT2D eigenvalue weighted by Gasteiger charge is 2.35. The number of nitrogens with zero attached hydrogens (tertiary/aromatic N) is 2. The highest BCUT2D eigenvalue weighted by Crippen LogP contribution is 2.24. The number of imide groups is 1. The maximum atomic E-state index is 12.6. The summed E-state index contributed by atoms with van der Waals surface area (Å²) in [6.45, 7) is 4.62. The minimum Gasteiger partial charge on any atom is -0.379 e. The maximum Gasteiger partial charge on any atom is 0.261 e. The Kier molecular flexibility index (Phi) is 5.61. The van der Waals surface area contributed by atoms with Crippen molar-refractivity contribution in [2.75, 3.05) is 18.5 Å². The Morgan fingerprint density at radius 1 is 1.15 bits per heavy atom. The van der Waals surface area contributed by atoms with Crippen molar-refractivity contribution in [2.24, 2.45) is 0 Å². The quantitative estimate of drug-likeness (QED) is 0.600. The molecule has 1 aromatic heterocycles. The van der Waals surface area contributed by atoms with Crippen LogP contribution in [0.25, 0.3) is 0 Å². The van der Waals surface area contributed by atoms with Crippen molar-refractivity contribution in [1.29, 1.82) is 0 Å². The summed E-state index contributed by atoms with van der Waals surface area (Å²) in [5.74, 6) is -0.694. The van der Waals surface area contributed by atoms with Crippen LogP contribution in [0.4, 0.5) is 5.82 Å². The third kappa shape index (κ3) is 4.20. The van der Waals surface area contributed by atoms with Crippen molar-refractivity contribution in [3.63, 3.8) is 0 Å². The van der Waals surface area contributed by atoms with Gasteiger partial charge in [0.15, 0.2) is 0 Å². The largest absolute Gasteiger partial charge is 0.379 e. The van der Waals surface area contributed by atoms with E-state index in [1.54, 1.807) is 24.4 Å². The van der Waals surface area contributed by atoms with Gasteiger partial charge in [0.2, 0.25) is 0 Å². The van der Waals surface area contributed by atoms with Gasteiger partial charge in [-0.1, -0.05) is 6.07 Å². The first-order valence-corrected chi connectivity index (χ1v) is 8.81. The van der Waals surface area contributed by atoms with Crippen LogP contribution in [0.1, 0.15) is 51.3 Å². The van der Waals surface area contributed by atoms with Gasteiger partial charge >= 0.3 is 0 Å². The van der Waals surface area contributed by atoms with E-state index in [2.05, 4.69) is 10.3 Å². The lowest BCUT2D eigenvalue weighted by Gasteiger charge is -2.14. The molecular weight excluding hydrogens is 346 g/mol. The van der Waals surface area contributed by atoms with Crippen molar-refractivity contribution >= 4 is 23.5 Å². The first-order valence-electron chi connectivity index (χ1n) is 8.81. The second-order valence-corrected chi connectivity index (χ2v) is 6.46. The number of pyridine rings is 1. The fraction of sp³-hybridized carbons (Fsp3) is 0.300. The Labute approximate surface area is 157 Å². The second kappa shape index (κ2) is 8.09. The molecule has 7 heteroatoms. The van der Waals surface area contributed by atoms with E-state index in [9.17, 15) is 14.4 Å². The molecule has 3 amide bonds. The molecule has 0 unspecified atom stereocenters. The third-order valence-corrected chi connectivity index (χ3v) is 4.12. The summed E-state index contributed by atoms with van der Waals surface area (Å²) >= 11 is 0. The fourth-order valence-corrected chi connectivity index (χ4v) is 2.80. The van der Waals surface area contributed by atoms with Crippen molar-refractivity contribution < 1.29 is 19.1 Å². The standard InChI is InChI=1S/C20H21N3O4/c1-13(2)27-11-5-10-23-19(25)15-8-7-14(12-16(15)20(23)26)18(24)22-17-6-3-4-9-21-17/h3-4,6-9,12-13H,5,10-11H2,1-2H3,(H,21,22,24). The molecule has 27 heavy (non-hydrogen) atoms. The van der Waals surface area contributed by atoms with Crippen LogP contribution in [0, 0.1) is 0 Å². The lowest BCUT2D eigenvalue weighted by Crippen LogP contribution is -2.31. The first kappa shape index (κ1) is 18.7. The molecule has 0 spiro atoms. The van der Waals surface area contributed by atoms with Gasteiger partial charge in [0.25, 0.3) is 17.7 Å². The molecule has 0 fully saturated rings. The summed E-state index contributed by atoms with van der Waals surface area (Å²) in [6, 6.07) is 9.69. The van der Waals surface area contributed by atoms with E-state index in [-0.39, 0.29) is 35.9 Å². The monoisotopic (exact) mass is 367 g/mol. The number of benzene rings is 1. The maximum absolute atomic E-state index is 12.6. The molecule has 2 heterocycles. The lowest BCUT2D eigenvalue weighted by molar-refractivity contribution is 0.0566. The average Bonchev–Trinajstić information content (AvgIpc) is 2.90. The SMILES string of the molecule is CC(C)OCCCN1C(=O)c2ccc(C(=O)Nc3ccccn3)cc2C1=O. The van der Waals surface area contributed by atoms with Crippen LogP contribution in [0.2, 0.25) is 0 Å². The van der Waals surface area contributed by atoms with Crippen LogP contribution < -0.4 is 5.32 Å². The zero-order chi connectivity index (χ0) is 19.4. The number of amides is 3. The van der Waals surface area contributed by atoms with Crippen molar-refractivity contribution in [3.8, 4) is 0 Å². The second-order valence-electron chi connectivity index (χ2n) is 6.46.